The van der Waals surface area contributed by atoms with Gasteiger partial charge in [0, 0.05) is 19.1 Å². The number of rotatable bonds is 5. The summed E-state index contributed by atoms with van der Waals surface area (Å²) in [4.78, 5) is 0. The molecular formula is C13H24N2O3S. The molecule has 2 saturated carbocycles. The van der Waals surface area contributed by atoms with Crippen LogP contribution in [0, 0.1) is 0 Å². The highest BCUT2D eigenvalue weighted by Gasteiger charge is 2.39. The Hall–Kier alpha value is -0.170. The predicted molar refractivity (Wildman–Crippen MR) is 73.5 cm³/mol. The zero-order valence-electron chi connectivity index (χ0n) is 11.4. The maximum absolute atomic E-state index is 12.5. The fourth-order valence-corrected chi connectivity index (χ4v) is 4.82. The van der Waals surface area contributed by atoms with Crippen molar-refractivity contribution < 1.29 is 13.2 Å². The number of hydrogen-bond acceptors (Lipinski definition) is 4. The molecular weight excluding hydrogens is 264 g/mol. The van der Waals surface area contributed by atoms with Crippen LogP contribution in [0.4, 0.5) is 0 Å². The number of nitrogens with one attached hydrogen (secondary N) is 1. The van der Waals surface area contributed by atoms with Crippen LogP contribution in [0.2, 0.25) is 0 Å². The third kappa shape index (κ3) is 3.29. The summed E-state index contributed by atoms with van der Waals surface area (Å²) >= 11 is 0. The Bertz CT molecular complexity index is 406. The van der Waals surface area contributed by atoms with Gasteiger partial charge in [0.25, 0.3) is 0 Å². The largest absolute Gasteiger partial charge is 0.375 e. The van der Waals surface area contributed by atoms with Crippen LogP contribution in [0.25, 0.3) is 0 Å². The Morgan fingerprint density at radius 3 is 2.74 bits per heavy atom. The molecule has 0 spiro atoms. The van der Waals surface area contributed by atoms with Gasteiger partial charge in [0.1, 0.15) is 0 Å². The minimum atomic E-state index is -3.13. The summed E-state index contributed by atoms with van der Waals surface area (Å²) < 4.78 is 32.4. The average Bonchev–Trinajstić information content (AvgIpc) is 3.22. The highest BCUT2D eigenvalue weighted by atomic mass is 32.2. The number of sulfonamides is 1. The first-order chi connectivity index (χ1) is 9.17. The van der Waals surface area contributed by atoms with Gasteiger partial charge in [0.15, 0.2) is 0 Å². The molecule has 0 aromatic carbocycles. The summed E-state index contributed by atoms with van der Waals surface area (Å²) in [6.07, 6.45) is 6.78. The first-order valence-electron chi connectivity index (χ1n) is 7.51. The molecule has 0 bridgehead atoms. The Kier molecular flexibility index (Phi) is 4.12. The van der Waals surface area contributed by atoms with Crippen molar-refractivity contribution in [3.8, 4) is 0 Å². The van der Waals surface area contributed by atoms with E-state index in [4.69, 9.17) is 4.74 Å². The van der Waals surface area contributed by atoms with E-state index in [-0.39, 0.29) is 17.9 Å². The van der Waals surface area contributed by atoms with Crippen LogP contribution in [0.3, 0.4) is 0 Å². The molecule has 3 aliphatic rings. The molecule has 2 unspecified atom stereocenters. The van der Waals surface area contributed by atoms with Crippen LogP contribution in [0.1, 0.15) is 38.5 Å². The molecule has 3 rings (SSSR count). The van der Waals surface area contributed by atoms with Crippen molar-refractivity contribution in [1.82, 2.24) is 9.62 Å². The van der Waals surface area contributed by atoms with Gasteiger partial charge in [-0.3, -0.25) is 0 Å². The van der Waals surface area contributed by atoms with Gasteiger partial charge in [0.2, 0.25) is 10.0 Å². The van der Waals surface area contributed by atoms with Crippen LogP contribution < -0.4 is 5.32 Å². The third-order valence-electron chi connectivity index (χ3n) is 4.41. The number of fused-ring (bicyclic) bond motifs is 1. The summed E-state index contributed by atoms with van der Waals surface area (Å²) in [7, 11) is -3.13. The van der Waals surface area contributed by atoms with E-state index in [9.17, 15) is 8.42 Å². The van der Waals surface area contributed by atoms with Crippen LogP contribution in [0.15, 0.2) is 0 Å². The summed E-state index contributed by atoms with van der Waals surface area (Å²) in [5.74, 6) is 0.229. The van der Waals surface area contributed by atoms with Crippen molar-refractivity contribution in [3.05, 3.63) is 0 Å². The fourth-order valence-electron chi connectivity index (χ4n) is 3.20. The van der Waals surface area contributed by atoms with E-state index >= 15 is 0 Å². The van der Waals surface area contributed by atoms with Gasteiger partial charge in [-0.25, -0.2) is 8.42 Å². The lowest BCUT2D eigenvalue weighted by Crippen LogP contribution is -2.55. The highest BCUT2D eigenvalue weighted by Crippen LogP contribution is 2.30. The van der Waals surface area contributed by atoms with Gasteiger partial charge in [-0.15, -0.1) is 0 Å². The number of ether oxygens (including phenoxy) is 1. The minimum Gasteiger partial charge on any atom is -0.375 e. The van der Waals surface area contributed by atoms with E-state index < -0.39 is 10.0 Å². The molecule has 3 fully saturated rings. The zero-order chi connectivity index (χ0) is 13.3. The standard InChI is InChI=1S/C13H24N2O3S/c16-19(17,10-7-14-11-5-6-11)15-8-9-18-13-4-2-1-3-12(13)15/h11-14H,1-10H2. The third-order valence-corrected chi connectivity index (χ3v) is 6.30. The SMILES string of the molecule is O=S(=O)(CCNC1CC1)N1CCOC2CCCCC21. The first kappa shape index (κ1) is 13.8. The van der Waals surface area contributed by atoms with Crippen LogP contribution in [0.5, 0.6) is 0 Å². The average molecular weight is 288 g/mol. The lowest BCUT2D eigenvalue weighted by molar-refractivity contribution is -0.0585. The summed E-state index contributed by atoms with van der Waals surface area (Å²) in [5, 5.41) is 3.29. The maximum Gasteiger partial charge on any atom is 0.215 e. The quantitative estimate of drug-likeness (QED) is 0.809. The molecule has 2 atom stereocenters. The molecule has 0 amide bonds. The lowest BCUT2D eigenvalue weighted by Gasteiger charge is -2.42. The second-order valence-corrected chi connectivity index (χ2v) is 7.96. The van der Waals surface area contributed by atoms with E-state index in [1.54, 1.807) is 4.31 Å². The van der Waals surface area contributed by atoms with E-state index in [0.29, 0.717) is 25.7 Å². The van der Waals surface area contributed by atoms with Crippen molar-refractivity contribution in [1.29, 1.82) is 0 Å². The van der Waals surface area contributed by atoms with Gasteiger partial charge in [-0.05, 0) is 25.7 Å². The molecule has 0 aromatic heterocycles. The Balaban J connectivity index is 1.60. The molecule has 1 N–H and O–H groups in total. The van der Waals surface area contributed by atoms with Gasteiger partial charge < -0.3 is 10.1 Å². The Labute approximate surface area is 115 Å². The van der Waals surface area contributed by atoms with Crippen molar-refractivity contribution in [2.45, 2.75) is 56.7 Å². The second kappa shape index (κ2) is 5.68. The normalized spacial score (nSPS) is 33.1. The van der Waals surface area contributed by atoms with Crippen molar-refractivity contribution in [3.63, 3.8) is 0 Å². The van der Waals surface area contributed by atoms with E-state index in [1.165, 1.54) is 12.8 Å². The second-order valence-electron chi connectivity index (χ2n) is 5.92. The Morgan fingerprint density at radius 2 is 1.95 bits per heavy atom. The van der Waals surface area contributed by atoms with Crippen LogP contribution in [-0.2, 0) is 14.8 Å². The molecule has 1 aliphatic heterocycles. The summed E-state index contributed by atoms with van der Waals surface area (Å²) in [6, 6.07) is 0.663. The number of hydrogen-bond donors (Lipinski definition) is 1. The van der Waals surface area contributed by atoms with E-state index in [2.05, 4.69) is 5.32 Å². The zero-order valence-corrected chi connectivity index (χ0v) is 12.2. The van der Waals surface area contributed by atoms with E-state index in [0.717, 1.165) is 25.7 Å². The maximum atomic E-state index is 12.5. The molecule has 110 valence electrons. The van der Waals surface area contributed by atoms with Gasteiger partial charge >= 0.3 is 0 Å². The molecule has 5 nitrogen and oxygen atoms in total. The van der Waals surface area contributed by atoms with Gasteiger partial charge in [-0.1, -0.05) is 12.8 Å². The van der Waals surface area contributed by atoms with Crippen LogP contribution in [-0.4, -0.2) is 56.4 Å². The van der Waals surface area contributed by atoms with Crippen molar-refractivity contribution >= 4 is 10.0 Å². The van der Waals surface area contributed by atoms with Gasteiger partial charge in [-0.2, -0.15) is 4.31 Å². The molecule has 1 saturated heterocycles. The molecule has 6 heteroatoms. The predicted octanol–water partition coefficient (Wildman–Crippen LogP) is 0.712. The smallest absolute Gasteiger partial charge is 0.215 e. The Morgan fingerprint density at radius 1 is 1.16 bits per heavy atom. The van der Waals surface area contributed by atoms with E-state index in [1.807, 2.05) is 0 Å². The van der Waals surface area contributed by atoms with Crippen molar-refractivity contribution in [2.24, 2.45) is 0 Å². The molecule has 1 heterocycles. The molecule has 0 aromatic rings. The molecule has 2 aliphatic carbocycles. The van der Waals surface area contributed by atoms with Crippen LogP contribution >= 0.6 is 0 Å². The molecule has 0 radical (unpaired) electrons. The van der Waals surface area contributed by atoms with Crippen molar-refractivity contribution in [2.75, 3.05) is 25.4 Å². The number of nitrogens with zero attached hydrogens (tertiary/aromatic N) is 1. The molecule has 19 heavy (non-hydrogen) atoms. The monoisotopic (exact) mass is 288 g/mol. The number of morpholine rings is 1. The summed E-state index contributed by atoms with van der Waals surface area (Å²) in [5.41, 5.74) is 0. The minimum absolute atomic E-state index is 0.0911. The highest BCUT2D eigenvalue weighted by molar-refractivity contribution is 7.89. The first-order valence-corrected chi connectivity index (χ1v) is 9.12. The van der Waals surface area contributed by atoms with Gasteiger partial charge in [0.05, 0.1) is 24.5 Å². The fraction of sp³-hybridized carbons (Fsp3) is 1.00. The topological polar surface area (TPSA) is 58.6 Å². The lowest BCUT2D eigenvalue weighted by atomic mass is 9.91. The summed E-state index contributed by atoms with van der Waals surface area (Å²) in [6.45, 7) is 1.67.